The number of hydrogen-bond donors (Lipinski definition) is 2. The summed E-state index contributed by atoms with van der Waals surface area (Å²) in [6, 6.07) is 5.92. The van der Waals surface area contributed by atoms with Crippen LogP contribution in [0.25, 0.3) is 11.2 Å². The van der Waals surface area contributed by atoms with Crippen molar-refractivity contribution >= 4 is 22.9 Å². The third-order valence-electron chi connectivity index (χ3n) is 4.72. The van der Waals surface area contributed by atoms with E-state index in [0.29, 0.717) is 31.4 Å². The maximum absolute atomic E-state index is 5.45. The Labute approximate surface area is 163 Å². The standard InChI is InChI=1S/C19H24N6O3/c1-26-14-4-3-13(11-15(14)27-2)5-6-20-19-23-17-16(21-12-22-17)18(24-19)25-7-9-28-10-8-25/h3-4,11-12H,5-10H2,1-2H3,(H2,20,21,22,23,24). The first kappa shape index (κ1) is 18.3. The second-order valence-electron chi connectivity index (χ2n) is 6.44. The zero-order valence-electron chi connectivity index (χ0n) is 16.1. The molecular weight excluding hydrogens is 360 g/mol. The lowest BCUT2D eigenvalue weighted by atomic mass is 10.1. The summed E-state index contributed by atoms with van der Waals surface area (Å²) in [5, 5.41) is 3.31. The van der Waals surface area contributed by atoms with Gasteiger partial charge in [-0.2, -0.15) is 9.97 Å². The number of hydrogen-bond acceptors (Lipinski definition) is 8. The lowest BCUT2D eigenvalue weighted by molar-refractivity contribution is 0.122. The van der Waals surface area contributed by atoms with Crippen molar-refractivity contribution in [2.24, 2.45) is 0 Å². The van der Waals surface area contributed by atoms with E-state index in [1.165, 1.54) is 0 Å². The molecule has 4 rings (SSSR count). The molecule has 2 aromatic heterocycles. The van der Waals surface area contributed by atoms with Gasteiger partial charge < -0.3 is 29.4 Å². The van der Waals surface area contributed by atoms with Crippen LogP contribution in [0.4, 0.5) is 11.8 Å². The number of nitrogens with one attached hydrogen (secondary N) is 2. The second-order valence-corrected chi connectivity index (χ2v) is 6.44. The Balaban J connectivity index is 1.47. The molecule has 9 nitrogen and oxygen atoms in total. The molecule has 1 fully saturated rings. The van der Waals surface area contributed by atoms with Crippen LogP contribution < -0.4 is 19.7 Å². The lowest BCUT2D eigenvalue weighted by Crippen LogP contribution is -2.37. The monoisotopic (exact) mass is 384 g/mol. The van der Waals surface area contributed by atoms with Crippen LogP contribution in [-0.4, -0.2) is 67.0 Å². The number of fused-ring (bicyclic) bond motifs is 1. The molecule has 28 heavy (non-hydrogen) atoms. The maximum Gasteiger partial charge on any atom is 0.226 e. The smallest absolute Gasteiger partial charge is 0.226 e. The van der Waals surface area contributed by atoms with E-state index in [2.05, 4.69) is 25.2 Å². The Bertz CT molecular complexity index is 939. The van der Waals surface area contributed by atoms with Crippen molar-refractivity contribution in [3.8, 4) is 11.5 Å². The Morgan fingerprint density at radius 3 is 2.75 bits per heavy atom. The van der Waals surface area contributed by atoms with Crippen molar-refractivity contribution in [3.63, 3.8) is 0 Å². The van der Waals surface area contributed by atoms with Gasteiger partial charge in [-0.3, -0.25) is 0 Å². The van der Waals surface area contributed by atoms with Crippen LogP contribution >= 0.6 is 0 Å². The number of methoxy groups -OCH3 is 2. The quantitative estimate of drug-likeness (QED) is 0.637. The zero-order chi connectivity index (χ0) is 19.3. The van der Waals surface area contributed by atoms with Crippen LogP contribution in [0.5, 0.6) is 11.5 Å². The molecule has 1 aliphatic heterocycles. The van der Waals surface area contributed by atoms with Crippen molar-refractivity contribution in [1.82, 2.24) is 19.9 Å². The minimum Gasteiger partial charge on any atom is -0.493 e. The van der Waals surface area contributed by atoms with Crippen LogP contribution in [0.1, 0.15) is 5.56 Å². The van der Waals surface area contributed by atoms with Gasteiger partial charge in [0.1, 0.15) is 5.52 Å². The van der Waals surface area contributed by atoms with E-state index in [1.54, 1.807) is 20.5 Å². The molecule has 9 heteroatoms. The minimum absolute atomic E-state index is 0.571. The number of imidazole rings is 1. The van der Waals surface area contributed by atoms with Gasteiger partial charge in [-0.25, -0.2) is 4.98 Å². The third kappa shape index (κ3) is 3.79. The highest BCUT2D eigenvalue weighted by atomic mass is 16.5. The normalized spacial score (nSPS) is 14.3. The van der Waals surface area contributed by atoms with E-state index in [9.17, 15) is 0 Å². The van der Waals surface area contributed by atoms with Crippen LogP contribution in [0, 0.1) is 0 Å². The summed E-state index contributed by atoms with van der Waals surface area (Å²) in [6.07, 6.45) is 2.45. The van der Waals surface area contributed by atoms with Crippen molar-refractivity contribution in [1.29, 1.82) is 0 Å². The molecule has 1 saturated heterocycles. The number of aromatic amines is 1. The summed E-state index contributed by atoms with van der Waals surface area (Å²) in [4.78, 5) is 18.9. The summed E-state index contributed by atoms with van der Waals surface area (Å²) in [5.41, 5.74) is 2.65. The topological polar surface area (TPSA) is 97.4 Å². The van der Waals surface area contributed by atoms with Gasteiger partial charge in [0.2, 0.25) is 5.95 Å². The van der Waals surface area contributed by atoms with E-state index in [0.717, 1.165) is 47.9 Å². The molecule has 1 aromatic carbocycles. The number of benzene rings is 1. The number of rotatable bonds is 7. The molecule has 3 heterocycles. The van der Waals surface area contributed by atoms with Gasteiger partial charge in [-0.1, -0.05) is 6.07 Å². The molecule has 2 N–H and O–H groups in total. The van der Waals surface area contributed by atoms with Gasteiger partial charge in [-0.15, -0.1) is 0 Å². The van der Waals surface area contributed by atoms with Crippen LogP contribution in [0.2, 0.25) is 0 Å². The molecule has 0 unspecified atom stereocenters. The van der Waals surface area contributed by atoms with Crippen LogP contribution in [0.3, 0.4) is 0 Å². The fraction of sp³-hybridized carbons (Fsp3) is 0.421. The number of aromatic nitrogens is 4. The van der Waals surface area contributed by atoms with E-state index < -0.39 is 0 Å². The Kier molecular flexibility index (Phi) is 5.43. The Morgan fingerprint density at radius 1 is 1.14 bits per heavy atom. The van der Waals surface area contributed by atoms with Crippen molar-refractivity contribution in [3.05, 3.63) is 30.1 Å². The molecule has 148 valence electrons. The highest BCUT2D eigenvalue weighted by Gasteiger charge is 2.18. The molecule has 0 aliphatic carbocycles. The van der Waals surface area contributed by atoms with Gasteiger partial charge in [0.05, 0.1) is 33.8 Å². The van der Waals surface area contributed by atoms with Gasteiger partial charge in [0, 0.05) is 19.6 Å². The van der Waals surface area contributed by atoms with Gasteiger partial charge in [0.15, 0.2) is 23.0 Å². The highest BCUT2D eigenvalue weighted by Crippen LogP contribution is 2.28. The summed E-state index contributed by atoms with van der Waals surface area (Å²) >= 11 is 0. The van der Waals surface area contributed by atoms with Crippen molar-refractivity contribution in [2.75, 3.05) is 57.3 Å². The molecular formula is C19H24N6O3. The van der Waals surface area contributed by atoms with E-state index in [-0.39, 0.29) is 0 Å². The summed E-state index contributed by atoms with van der Waals surface area (Å²) in [5.74, 6) is 2.88. The molecule has 3 aromatic rings. The molecule has 0 amide bonds. The molecule has 0 atom stereocenters. The first-order chi connectivity index (χ1) is 13.8. The predicted octanol–water partition coefficient (Wildman–Crippen LogP) is 1.86. The molecule has 0 saturated carbocycles. The first-order valence-corrected chi connectivity index (χ1v) is 9.27. The molecule has 0 radical (unpaired) electrons. The number of anilines is 2. The molecule has 1 aliphatic rings. The van der Waals surface area contributed by atoms with Gasteiger partial charge in [0.25, 0.3) is 0 Å². The van der Waals surface area contributed by atoms with Crippen LogP contribution in [-0.2, 0) is 11.2 Å². The summed E-state index contributed by atoms with van der Waals surface area (Å²) in [7, 11) is 3.27. The van der Waals surface area contributed by atoms with E-state index >= 15 is 0 Å². The number of morpholine rings is 1. The second kappa shape index (κ2) is 8.30. The predicted molar refractivity (Wildman–Crippen MR) is 106 cm³/mol. The fourth-order valence-corrected chi connectivity index (χ4v) is 3.26. The van der Waals surface area contributed by atoms with Gasteiger partial charge in [-0.05, 0) is 24.1 Å². The maximum atomic E-state index is 5.45. The lowest BCUT2D eigenvalue weighted by Gasteiger charge is -2.28. The minimum atomic E-state index is 0.571. The van der Waals surface area contributed by atoms with Gasteiger partial charge >= 0.3 is 0 Å². The van der Waals surface area contributed by atoms with Crippen LogP contribution in [0.15, 0.2) is 24.5 Å². The van der Waals surface area contributed by atoms with E-state index in [1.807, 2.05) is 18.2 Å². The molecule has 0 spiro atoms. The van der Waals surface area contributed by atoms with E-state index in [4.69, 9.17) is 19.2 Å². The average molecular weight is 384 g/mol. The highest BCUT2D eigenvalue weighted by molar-refractivity contribution is 5.84. The third-order valence-corrected chi connectivity index (χ3v) is 4.72. The Hall–Kier alpha value is -3.07. The summed E-state index contributed by atoms with van der Waals surface area (Å²) in [6.45, 7) is 3.68. The number of ether oxygens (including phenoxy) is 3. The Morgan fingerprint density at radius 2 is 1.96 bits per heavy atom. The summed E-state index contributed by atoms with van der Waals surface area (Å²) < 4.78 is 16.1. The number of H-pyrrole nitrogens is 1. The first-order valence-electron chi connectivity index (χ1n) is 9.27. The molecule has 0 bridgehead atoms. The zero-order valence-corrected chi connectivity index (χ0v) is 16.1. The fourth-order valence-electron chi connectivity index (χ4n) is 3.26. The number of nitrogens with zero attached hydrogens (tertiary/aromatic N) is 4. The largest absolute Gasteiger partial charge is 0.493 e. The SMILES string of the molecule is COc1ccc(CCNc2nc(N3CCOCC3)c3[nH]cnc3n2)cc1OC. The van der Waals surface area contributed by atoms with Crippen molar-refractivity contribution in [2.45, 2.75) is 6.42 Å². The average Bonchev–Trinajstić information content (AvgIpc) is 3.22. The van der Waals surface area contributed by atoms with Crippen molar-refractivity contribution < 1.29 is 14.2 Å².